The number of rotatable bonds is 5. The van der Waals surface area contributed by atoms with E-state index in [4.69, 9.17) is 31.5 Å². The van der Waals surface area contributed by atoms with Gasteiger partial charge in [0, 0.05) is 16.1 Å². The van der Waals surface area contributed by atoms with Crippen molar-refractivity contribution in [3.05, 3.63) is 69.8 Å². The van der Waals surface area contributed by atoms with Crippen LogP contribution in [0.15, 0.2) is 47.9 Å². The summed E-state index contributed by atoms with van der Waals surface area (Å²) in [5.74, 6) is -0.397. The van der Waals surface area contributed by atoms with E-state index in [-0.39, 0.29) is 27.9 Å². The zero-order valence-corrected chi connectivity index (χ0v) is 17.5. The Labute approximate surface area is 182 Å². The molecule has 158 valence electrons. The Morgan fingerprint density at radius 2 is 2.10 bits per heavy atom. The molecule has 9 heteroatoms. The number of aromatic amines is 1. The third kappa shape index (κ3) is 3.43. The molecule has 0 saturated carbocycles. The van der Waals surface area contributed by atoms with Crippen molar-refractivity contribution in [3.63, 3.8) is 0 Å². The van der Waals surface area contributed by atoms with Gasteiger partial charge in [0.05, 0.1) is 30.9 Å². The quantitative estimate of drug-likeness (QED) is 0.605. The zero-order valence-electron chi connectivity index (χ0n) is 16.7. The number of fused-ring (bicyclic) bond motifs is 1. The van der Waals surface area contributed by atoms with Gasteiger partial charge in [0.2, 0.25) is 11.8 Å². The fourth-order valence-corrected chi connectivity index (χ4v) is 3.91. The van der Waals surface area contributed by atoms with E-state index in [1.807, 2.05) is 13.0 Å². The molecule has 1 aliphatic heterocycles. The highest BCUT2D eigenvalue weighted by Gasteiger charge is 2.38. The van der Waals surface area contributed by atoms with Gasteiger partial charge in [-0.15, -0.1) is 5.10 Å². The summed E-state index contributed by atoms with van der Waals surface area (Å²) < 4.78 is 31.5. The average Bonchev–Trinajstić information content (AvgIpc) is 3.17. The summed E-state index contributed by atoms with van der Waals surface area (Å²) in [6.07, 6.45) is 0. The first-order valence-corrected chi connectivity index (χ1v) is 9.78. The van der Waals surface area contributed by atoms with Crippen LogP contribution < -0.4 is 19.9 Å². The van der Waals surface area contributed by atoms with Crippen LogP contribution in [0.25, 0.3) is 11.3 Å². The highest BCUT2D eigenvalue weighted by Crippen LogP contribution is 2.48. The van der Waals surface area contributed by atoms with Crippen LogP contribution in [0.2, 0.25) is 5.02 Å². The van der Waals surface area contributed by atoms with Gasteiger partial charge in [-0.05, 0) is 37.3 Å². The largest absolute Gasteiger partial charge is 0.493 e. The minimum atomic E-state index is -0.909. The number of benzene rings is 2. The monoisotopic (exact) mass is 440 g/mol. The number of nitriles is 1. The maximum Gasteiger partial charge on any atom is 0.244 e. The highest BCUT2D eigenvalue weighted by molar-refractivity contribution is 6.31. The summed E-state index contributed by atoms with van der Waals surface area (Å²) in [4.78, 5) is 0. The molecule has 0 aliphatic carbocycles. The van der Waals surface area contributed by atoms with Gasteiger partial charge < -0.3 is 19.9 Å². The van der Waals surface area contributed by atoms with E-state index in [0.29, 0.717) is 34.9 Å². The maximum atomic E-state index is 14.9. The van der Waals surface area contributed by atoms with Gasteiger partial charge in [-0.2, -0.15) is 5.26 Å². The topological polar surface area (TPSA) is 106 Å². The summed E-state index contributed by atoms with van der Waals surface area (Å²) in [5, 5.41) is 17.0. The molecular weight excluding hydrogens is 423 g/mol. The van der Waals surface area contributed by atoms with Gasteiger partial charge in [-0.25, -0.2) is 4.39 Å². The minimum absolute atomic E-state index is 0.0417. The third-order valence-electron chi connectivity index (χ3n) is 4.98. The average molecular weight is 441 g/mol. The summed E-state index contributed by atoms with van der Waals surface area (Å²) in [6.45, 7) is 2.35. The van der Waals surface area contributed by atoms with Crippen molar-refractivity contribution in [2.45, 2.75) is 12.8 Å². The molecule has 3 aromatic rings. The molecule has 2 aromatic carbocycles. The molecule has 1 aliphatic rings. The Kier molecular flexibility index (Phi) is 5.44. The molecule has 2 heterocycles. The number of halogens is 2. The number of nitrogens with two attached hydrogens (primary N) is 1. The second-order valence-electron chi connectivity index (χ2n) is 6.68. The van der Waals surface area contributed by atoms with Gasteiger partial charge in [0.25, 0.3) is 0 Å². The fraction of sp³-hybridized carbons (Fsp3) is 0.182. The molecule has 0 bridgehead atoms. The predicted molar refractivity (Wildman–Crippen MR) is 112 cm³/mol. The lowest BCUT2D eigenvalue weighted by Crippen LogP contribution is -2.21. The van der Waals surface area contributed by atoms with E-state index < -0.39 is 11.7 Å². The number of hydrogen-bond acceptors (Lipinski definition) is 6. The number of methoxy groups -OCH3 is 1. The van der Waals surface area contributed by atoms with E-state index in [0.717, 1.165) is 0 Å². The summed E-state index contributed by atoms with van der Waals surface area (Å²) in [6, 6.07) is 11.7. The van der Waals surface area contributed by atoms with Crippen LogP contribution >= 0.6 is 11.6 Å². The van der Waals surface area contributed by atoms with Gasteiger partial charge in [-0.1, -0.05) is 17.7 Å². The second-order valence-corrected chi connectivity index (χ2v) is 7.08. The first-order valence-electron chi connectivity index (χ1n) is 9.41. The number of nitrogens with zero attached hydrogens (tertiary/aromatic N) is 2. The van der Waals surface area contributed by atoms with Crippen molar-refractivity contribution < 1.29 is 18.6 Å². The molecule has 31 heavy (non-hydrogen) atoms. The standard InChI is InChI=1S/C22H18ClFN4O3/c1-3-30-15-8-7-11(9-16(15)29-2)20-19-17(18-13(23)5-4-6-14(18)24)12(10-25)21(26)31-22(19)28-27-20/h4-9,17H,3,26H2,1-2H3,(H,27,28)/t17-/m1/s1. The number of hydrogen-bond donors (Lipinski definition) is 2. The summed E-state index contributed by atoms with van der Waals surface area (Å²) in [7, 11) is 1.53. The molecule has 0 fully saturated rings. The molecule has 7 nitrogen and oxygen atoms in total. The fourth-order valence-electron chi connectivity index (χ4n) is 3.64. The number of aromatic nitrogens is 2. The SMILES string of the molecule is CCOc1ccc(-c2[nH]nc3c2[C@@H](c2c(F)cccc2Cl)C(C#N)=C(N)O3)cc1OC. The molecule has 4 rings (SSSR count). The first kappa shape index (κ1) is 20.6. The summed E-state index contributed by atoms with van der Waals surface area (Å²) in [5.41, 5.74) is 7.76. The Morgan fingerprint density at radius 1 is 1.29 bits per heavy atom. The first-order chi connectivity index (χ1) is 15.0. The van der Waals surface area contributed by atoms with Gasteiger partial charge in [0.15, 0.2) is 11.5 Å². The highest BCUT2D eigenvalue weighted by atomic mass is 35.5. The molecule has 3 N–H and O–H groups in total. The van der Waals surface area contributed by atoms with Crippen LogP contribution in [0.1, 0.15) is 24.0 Å². The zero-order chi connectivity index (χ0) is 22.1. The van der Waals surface area contributed by atoms with Crippen LogP contribution in [-0.4, -0.2) is 23.9 Å². The predicted octanol–water partition coefficient (Wildman–Crippen LogP) is 4.49. The Morgan fingerprint density at radius 3 is 2.77 bits per heavy atom. The van der Waals surface area contributed by atoms with Crippen molar-refractivity contribution in [3.8, 4) is 34.7 Å². The van der Waals surface area contributed by atoms with E-state index in [2.05, 4.69) is 10.2 Å². The smallest absolute Gasteiger partial charge is 0.244 e. The van der Waals surface area contributed by atoms with Crippen LogP contribution in [0.3, 0.4) is 0 Å². The Balaban J connectivity index is 1.95. The molecule has 0 spiro atoms. The Hall–Kier alpha value is -3.70. The van der Waals surface area contributed by atoms with E-state index in [1.54, 1.807) is 24.3 Å². The molecule has 0 saturated heterocycles. The van der Waals surface area contributed by atoms with E-state index in [9.17, 15) is 9.65 Å². The Bertz CT molecular complexity index is 1210. The number of allylic oxidation sites excluding steroid dienone is 1. The van der Waals surface area contributed by atoms with Gasteiger partial charge in [-0.3, -0.25) is 5.10 Å². The van der Waals surface area contributed by atoms with Crippen LogP contribution in [0.4, 0.5) is 4.39 Å². The normalized spacial score (nSPS) is 15.1. The molecule has 0 amide bonds. The van der Waals surface area contributed by atoms with Gasteiger partial charge in [0.1, 0.15) is 17.5 Å². The molecule has 1 atom stereocenters. The molecule has 0 unspecified atom stereocenters. The van der Waals surface area contributed by atoms with Crippen molar-refractivity contribution in [2.75, 3.05) is 13.7 Å². The van der Waals surface area contributed by atoms with Crippen LogP contribution in [0, 0.1) is 17.1 Å². The molecule has 0 radical (unpaired) electrons. The maximum absolute atomic E-state index is 14.9. The molecule has 1 aromatic heterocycles. The third-order valence-corrected chi connectivity index (χ3v) is 5.31. The lowest BCUT2D eigenvalue weighted by Gasteiger charge is -2.25. The minimum Gasteiger partial charge on any atom is -0.493 e. The number of H-pyrrole nitrogens is 1. The number of ether oxygens (including phenoxy) is 3. The van der Waals surface area contributed by atoms with E-state index >= 15 is 0 Å². The van der Waals surface area contributed by atoms with Crippen LogP contribution in [0.5, 0.6) is 17.4 Å². The van der Waals surface area contributed by atoms with Crippen LogP contribution in [-0.2, 0) is 0 Å². The lowest BCUT2D eigenvalue weighted by atomic mass is 9.82. The van der Waals surface area contributed by atoms with Crippen molar-refractivity contribution in [2.24, 2.45) is 5.73 Å². The second kappa shape index (κ2) is 8.20. The van der Waals surface area contributed by atoms with Crippen molar-refractivity contribution in [1.82, 2.24) is 10.2 Å². The summed E-state index contributed by atoms with van der Waals surface area (Å²) >= 11 is 6.35. The number of nitrogens with one attached hydrogen (secondary N) is 1. The van der Waals surface area contributed by atoms with E-state index in [1.165, 1.54) is 19.2 Å². The lowest BCUT2D eigenvalue weighted by molar-refractivity contribution is 0.311. The van der Waals surface area contributed by atoms with Crippen molar-refractivity contribution >= 4 is 11.6 Å². The molecular formula is C22H18ClFN4O3. The van der Waals surface area contributed by atoms with Crippen molar-refractivity contribution in [1.29, 1.82) is 5.26 Å². The van der Waals surface area contributed by atoms with Gasteiger partial charge >= 0.3 is 0 Å².